The maximum Gasteiger partial charge on any atom is 0.146 e. The van der Waals surface area contributed by atoms with E-state index >= 15 is 0 Å². The minimum atomic E-state index is -0.0143. The van der Waals surface area contributed by atoms with Gasteiger partial charge in [-0.15, -0.1) is 0 Å². The van der Waals surface area contributed by atoms with Crippen molar-refractivity contribution < 1.29 is 4.79 Å². The number of ketones is 1. The zero-order valence-corrected chi connectivity index (χ0v) is 11.5. The van der Waals surface area contributed by atoms with Crippen LogP contribution < -0.4 is 0 Å². The van der Waals surface area contributed by atoms with Crippen LogP contribution in [0.15, 0.2) is 11.1 Å². The molecule has 0 unspecified atom stereocenters. The molecule has 0 N–H and O–H groups in total. The number of aryl methyl sites for hydroxylation is 2. The van der Waals surface area contributed by atoms with Crippen molar-refractivity contribution in [1.29, 1.82) is 5.26 Å². The first-order valence-electron chi connectivity index (χ1n) is 6.19. The number of Topliss-reactive ketones (excluding diaryl/α,β-unsaturated/α-hetero) is 1. The molecule has 0 spiro atoms. The molecular weight excluding hydrogens is 244 g/mol. The Kier molecular flexibility index (Phi) is 4.03. The van der Waals surface area contributed by atoms with Gasteiger partial charge in [-0.05, 0) is 38.3 Å². The fourth-order valence-electron chi connectivity index (χ4n) is 2.23. The highest BCUT2D eigenvalue weighted by molar-refractivity contribution is 8.00. The summed E-state index contributed by atoms with van der Waals surface area (Å²) in [5.41, 5.74) is 2.46. The minimum Gasteiger partial charge on any atom is -0.298 e. The van der Waals surface area contributed by atoms with Crippen molar-refractivity contribution in [3.8, 4) is 6.07 Å². The number of nitrogens with zero attached hydrogens (tertiary/aromatic N) is 2. The third-order valence-electron chi connectivity index (χ3n) is 3.18. The second kappa shape index (κ2) is 5.53. The molecule has 0 bridgehead atoms. The molecule has 0 saturated heterocycles. The van der Waals surface area contributed by atoms with Gasteiger partial charge in [-0.25, -0.2) is 4.98 Å². The summed E-state index contributed by atoms with van der Waals surface area (Å²) < 4.78 is 0. The number of rotatable bonds is 2. The summed E-state index contributed by atoms with van der Waals surface area (Å²) in [4.78, 5) is 16.3. The van der Waals surface area contributed by atoms with Crippen LogP contribution >= 0.6 is 11.8 Å². The van der Waals surface area contributed by atoms with Gasteiger partial charge in [0, 0.05) is 12.1 Å². The molecule has 2 rings (SSSR count). The topological polar surface area (TPSA) is 53.8 Å². The SMILES string of the molecule is Cc1cc(C)c(C#N)c(S[C@H]2CCCCC2=O)n1. The van der Waals surface area contributed by atoms with Gasteiger partial charge in [-0.2, -0.15) is 5.26 Å². The van der Waals surface area contributed by atoms with Gasteiger partial charge >= 0.3 is 0 Å². The Morgan fingerprint density at radius 1 is 1.44 bits per heavy atom. The van der Waals surface area contributed by atoms with E-state index in [0.29, 0.717) is 17.8 Å². The molecule has 1 aromatic rings. The second-order valence-electron chi connectivity index (χ2n) is 4.69. The zero-order valence-electron chi connectivity index (χ0n) is 10.7. The first kappa shape index (κ1) is 13.1. The Hall–Kier alpha value is -1.34. The predicted octanol–water partition coefficient (Wildman–Crippen LogP) is 3.17. The average Bonchev–Trinajstić information content (AvgIpc) is 2.31. The molecule has 0 aromatic carbocycles. The molecule has 18 heavy (non-hydrogen) atoms. The number of hydrogen-bond donors (Lipinski definition) is 0. The van der Waals surface area contributed by atoms with Gasteiger partial charge in [0.05, 0.1) is 10.8 Å². The lowest BCUT2D eigenvalue weighted by molar-refractivity contribution is -0.119. The van der Waals surface area contributed by atoms with Crippen LogP contribution in [-0.4, -0.2) is 16.0 Å². The number of pyridine rings is 1. The van der Waals surface area contributed by atoms with Crippen molar-refractivity contribution in [1.82, 2.24) is 4.98 Å². The van der Waals surface area contributed by atoms with E-state index in [4.69, 9.17) is 0 Å². The van der Waals surface area contributed by atoms with E-state index in [-0.39, 0.29) is 5.25 Å². The number of thioether (sulfide) groups is 1. The number of carbonyl (C=O) groups excluding carboxylic acids is 1. The van der Waals surface area contributed by atoms with Gasteiger partial charge in [0.25, 0.3) is 0 Å². The largest absolute Gasteiger partial charge is 0.298 e. The minimum absolute atomic E-state index is 0.0143. The Morgan fingerprint density at radius 3 is 2.89 bits per heavy atom. The Morgan fingerprint density at radius 2 is 2.22 bits per heavy atom. The van der Waals surface area contributed by atoms with Crippen molar-refractivity contribution in [2.75, 3.05) is 0 Å². The summed E-state index contributed by atoms with van der Waals surface area (Å²) in [6.07, 6.45) is 3.67. The molecule has 0 aliphatic heterocycles. The first-order chi connectivity index (χ1) is 8.61. The van der Waals surface area contributed by atoms with Crippen molar-refractivity contribution in [3.63, 3.8) is 0 Å². The van der Waals surface area contributed by atoms with Crippen LogP contribution in [0.25, 0.3) is 0 Å². The van der Waals surface area contributed by atoms with E-state index in [1.807, 2.05) is 19.9 Å². The van der Waals surface area contributed by atoms with Crippen LogP contribution in [0.2, 0.25) is 0 Å². The van der Waals surface area contributed by atoms with E-state index in [1.165, 1.54) is 11.8 Å². The third kappa shape index (κ3) is 2.73. The van der Waals surface area contributed by atoms with Crippen molar-refractivity contribution in [2.24, 2.45) is 0 Å². The van der Waals surface area contributed by atoms with Crippen LogP contribution in [0.5, 0.6) is 0 Å². The first-order valence-corrected chi connectivity index (χ1v) is 7.07. The summed E-state index contributed by atoms with van der Waals surface area (Å²) in [6.45, 7) is 3.83. The molecule has 0 radical (unpaired) electrons. The highest BCUT2D eigenvalue weighted by Crippen LogP contribution is 2.33. The van der Waals surface area contributed by atoms with E-state index in [0.717, 1.165) is 35.5 Å². The molecular formula is C14H16N2OS. The fourth-order valence-corrected chi connectivity index (χ4v) is 3.56. The third-order valence-corrected chi connectivity index (χ3v) is 4.48. The van der Waals surface area contributed by atoms with Gasteiger partial charge in [0.15, 0.2) is 0 Å². The molecule has 1 aliphatic carbocycles. The van der Waals surface area contributed by atoms with E-state index in [2.05, 4.69) is 11.1 Å². The lowest BCUT2D eigenvalue weighted by Crippen LogP contribution is -2.21. The molecule has 1 aromatic heterocycles. The smallest absolute Gasteiger partial charge is 0.146 e. The van der Waals surface area contributed by atoms with Crippen molar-refractivity contribution >= 4 is 17.5 Å². The molecule has 1 saturated carbocycles. The average molecular weight is 260 g/mol. The summed E-state index contributed by atoms with van der Waals surface area (Å²) in [7, 11) is 0. The molecule has 1 heterocycles. The monoisotopic (exact) mass is 260 g/mol. The Bertz CT molecular complexity index is 519. The summed E-state index contributed by atoms with van der Waals surface area (Å²) in [5, 5.41) is 9.90. The number of aromatic nitrogens is 1. The maximum absolute atomic E-state index is 11.8. The van der Waals surface area contributed by atoms with E-state index in [9.17, 15) is 10.1 Å². The highest BCUT2D eigenvalue weighted by atomic mass is 32.2. The van der Waals surface area contributed by atoms with E-state index < -0.39 is 0 Å². The standard InChI is InChI=1S/C14H16N2OS/c1-9-7-10(2)16-14(11(9)8-15)18-13-6-4-3-5-12(13)17/h7,13H,3-6H2,1-2H3/t13-/m0/s1. The second-order valence-corrected chi connectivity index (χ2v) is 5.88. The normalized spacial score (nSPS) is 19.6. The molecule has 3 nitrogen and oxygen atoms in total. The van der Waals surface area contributed by atoms with Crippen LogP contribution in [0.1, 0.15) is 42.5 Å². The van der Waals surface area contributed by atoms with E-state index in [1.54, 1.807) is 0 Å². The molecule has 1 fully saturated rings. The lowest BCUT2D eigenvalue weighted by Gasteiger charge is -2.20. The van der Waals surface area contributed by atoms with Crippen LogP contribution in [0.3, 0.4) is 0 Å². The van der Waals surface area contributed by atoms with Crippen LogP contribution in [0, 0.1) is 25.2 Å². The van der Waals surface area contributed by atoms with Gasteiger partial charge in [-0.1, -0.05) is 18.2 Å². The van der Waals surface area contributed by atoms with Crippen LogP contribution in [0.4, 0.5) is 0 Å². The highest BCUT2D eigenvalue weighted by Gasteiger charge is 2.25. The van der Waals surface area contributed by atoms with Gasteiger partial charge < -0.3 is 0 Å². The van der Waals surface area contributed by atoms with Crippen LogP contribution in [-0.2, 0) is 4.79 Å². The summed E-state index contributed by atoms with van der Waals surface area (Å²) in [6, 6.07) is 4.11. The Labute approximate surface area is 112 Å². The molecule has 1 atom stereocenters. The Balaban J connectivity index is 2.28. The molecule has 1 aliphatic rings. The summed E-state index contributed by atoms with van der Waals surface area (Å²) in [5.74, 6) is 0.302. The lowest BCUT2D eigenvalue weighted by atomic mass is 9.99. The summed E-state index contributed by atoms with van der Waals surface area (Å²) >= 11 is 1.47. The predicted molar refractivity (Wildman–Crippen MR) is 71.5 cm³/mol. The fraction of sp³-hybridized carbons (Fsp3) is 0.500. The zero-order chi connectivity index (χ0) is 13.1. The number of hydrogen-bond acceptors (Lipinski definition) is 4. The molecule has 0 amide bonds. The number of nitriles is 1. The van der Waals surface area contributed by atoms with Crippen molar-refractivity contribution in [2.45, 2.75) is 49.8 Å². The van der Waals surface area contributed by atoms with Crippen molar-refractivity contribution in [3.05, 3.63) is 22.9 Å². The van der Waals surface area contributed by atoms with Gasteiger partial charge in [0.1, 0.15) is 16.9 Å². The van der Waals surface area contributed by atoms with Gasteiger partial charge in [-0.3, -0.25) is 4.79 Å². The maximum atomic E-state index is 11.8. The van der Waals surface area contributed by atoms with Gasteiger partial charge in [0.2, 0.25) is 0 Å². The number of carbonyl (C=O) groups is 1. The molecule has 4 heteroatoms. The molecule has 94 valence electrons. The quantitative estimate of drug-likeness (QED) is 0.819.